The second-order valence-electron chi connectivity index (χ2n) is 5.34. The molecule has 0 amide bonds. The van der Waals surface area contributed by atoms with Crippen molar-refractivity contribution in [1.82, 2.24) is 10.2 Å². The van der Waals surface area contributed by atoms with E-state index < -0.39 is 0 Å². The predicted octanol–water partition coefficient (Wildman–Crippen LogP) is 3.71. The molecule has 2 heteroatoms. The predicted molar refractivity (Wildman–Crippen MR) is 84.4 cm³/mol. The van der Waals surface area contributed by atoms with Crippen LogP contribution in [0.15, 0.2) is 30.3 Å². The Morgan fingerprint density at radius 1 is 1.11 bits per heavy atom. The first-order chi connectivity index (χ1) is 9.22. The van der Waals surface area contributed by atoms with Gasteiger partial charge >= 0.3 is 0 Å². The van der Waals surface area contributed by atoms with E-state index in [1.807, 2.05) is 0 Å². The second kappa shape index (κ2) is 9.11. The first-order valence-electron chi connectivity index (χ1n) is 7.72. The molecule has 0 aromatic heterocycles. The summed E-state index contributed by atoms with van der Waals surface area (Å²) < 4.78 is 0. The fraction of sp³-hybridized carbons (Fsp3) is 0.647. The van der Waals surface area contributed by atoms with Gasteiger partial charge in [-0.1, -0.05) is 64.4 Å². The number of likely N-dealkylation sites (N-methyl/N-ethyl adjacent to an activating group) is 2. The summed E-state index contributed by atoms with van der Waals surface area (Å²) >= 11 is 0. The molecule has 0 saturated carbocycles. The first kappa shape index (κ1) is 16.2. The Kier molecular flexibility index (Phi) is 7.76. The smallest absolute Gasteiger partial charge is 0.0472 e. The third kappa shape index (κ3) is 5.33. The van der Waals surface area contributed by atoms with E-state index in [0.717, 1.165) is 25.6 Å². The Hall–Kier alpha value is -0.860. The van der Waals surface area contributed by atoms with Gasteiger partial charge in [-0.05, 0) is 24.6 Å². The van der Waals surface area contributed by atoms with Gasteiger partial charge in [-0.15, -0.1) is 0 Å². The van der Waals surface area contributed by atoms with Crippen LogP contribution in [0.3, 0.4) is 0 Å². The summed E-state index contributed by atoms with van der Waals surface area (Å²) in [7, 11) is 0. The van der Waals surface area contributed by atoms with Crippen molar-refractivity contribution in [2.75, 3.05) is 26.2 Å². The average molecular weight is 262 g/mol. The minimum atomic E-state index is 0.486. The molecule has 0 aliphatic rings. The summed E-state index contributed by atoms with van der Waals surface area (Å²) in [4.78, 5) is 2.60. The number of nitrogens with one attached hydrogen (secondary N) is 1. The van der Waals surface area contributed by atoms with Crippen LogP contribution in [0.25, 0.3) is 0 Å². The Morgan fingerprint density at radius 3 is 2.32 bits per heavy atom. The largest absolute Gasteiger partial charge is 0.315 e. The summed E-state index contributed by atoms with van der Waals surface area (Å²) in [5.41, 5.74) is 1.42. The van der Waals surface area contributed by atoms with E-state index in [2.05, 4.69) is 68.2 Å². The SMILES string of the molecule is CCNCC(c1ccccc1)N(CC)CC(C)CC. The van der Waals surface area contributed by atoms with Gasteiger partial charge in [0.25, 0.3) is 0 Å². The Morgan fingerprint density at radius 2 is 1.79 bits per heavy atom. The molecule has 0 bridgehead atoms. The van der Waals surface area contributed by atoms with E-state index >= 15 is 0 Å². The third-order valence-electron chi connectivity index (χ3n) is 3.86. The van der Waals surface area contributed by atoms with Crippen molar-refractivity contribution in [3.8, 4) is 0 Å². The fourth-order valence-corrected chi connectivity index (χ4v) is 2.42. The molecule has 1 aromatic carbocycles. The molecule has 0 heterocycles. The molecule has 1 aromatic rings. The van der Waals surface area contributed by atoms with Crippen LogP contribution in [0.2, 0.25) is 0 Å². The van der Waals surface area contributed by atoms with Gasteiger partial charge in [-0.25, -0.2) is 0 Å². The molecule has 2 unspecified atom stereocenters. The number of rotatable bonds is 9. The van der Waals surface area contributed by atoms with Crippen LogP contribution < -0.4 is 5.32 Å². The maximum absolute atomic E-state index is 3.51. The summed E-state index contributed by atoms with van der Waals surface area (Å²) in [5.74, 6) is 0.757. The molecular formula is C17H30N2. The monoisotopic (exact) mass is 262 g/mol. The lowest BCUT2D eigenvalue weighted by Crippen LogP contribution is -2.38. The molecule has 2 atom stereocenters. The molecule has 0 saturated heterocycles. The van der Waals surface area contributed by atoms with Crippen LogP contribution in [0.4, 0.5) is 0 Å². The van der Waals surface area contributed by atoms with E-state index in [1.54, 1.807) is 0 Å². The highest BCUT2D eigenvalue weighted by molar-refractivity contribution is 5.19. The van der Waals surface area contributed by atoms with Crippen LogP contribution in [-0.2, 0) is 0 Å². The van der Waals surface area contributed by atoms with Crippen LogP contribution in [0.5, 0.6) is 0 Å². The van der Waals surface area contributed by atoms with Crippen molar-refractivity contribution in [2.45, 2.75) is 40.2 Å². The molecule has 0 radical (unpaired) electrons. The van der Waals surface area contributed by atoms with Gasteiger partial charge in [0.1, 0.15) is 0 Å². The van der Waals surface area contributed by atoms with Gasteiger partial charge < -0.3 is 5.32 Å². The van der Waals surface area contributed by atoms with Crippen LogP contribution in [0, 0.1) is 5.92 Å². The molecule has 108 valence electrons. The summed E-state index contributed by atoms with van der Waals surface area (Å²) in [6.07, 6.45) is 1.25. The minimum Gasteiger partial charge on any atom is -0.315 e. The highest BCUT2D eigenvalue weighted by Gasteiger charge is 2.19. The van der Waals surface area contributed by atoms with Gasteiger partial charge in [0.05, 0.1) is 0 Å². The molecule has 19 heavy (non-hydrogen) atoms. The maximum atomic E-state index is 3.51. The van der Waals surface area contributed by atoms with Gasteiger partial charge in [-0.2, -0.15) is 0 Å². The maximum Gasteiger partial charge on any atom is 0.0472 e. The van der Waals surface area contributed by atoms with Crippen molar-refractivity contribution >= 4 is 0 Å². The van der Waals surface area contributed by atoms with Crippen molar-refractivity contribution in [1.29, 1.82) is 0 Å². The zero-order valence-electron chi connectivity index (χ0n) is 13.0. The van der Waals surface area contributed by atoms with Gasteiger partial charge in [0.15, 0.2) is 0 Å². The standard InChI is InChI=1S/C17H30N2/c1-5-15(4)14-19(7-3)17(13-18-6-2)16-11-9-8-10-12-16/h8-12,15,17-18H,5-7,13-14H2,1-4H3. The zero-order valence-corrected chi connectivity index (χ0v) is 13.0. The first-order valence-corrected chi connectivity index (χ1v) is 7.72. The van der Waals surface area contributed by atoms with Crippen molar-refractivity contribution in [3.63, 3.8) is 0 Å². The normalized spacial score (nSPS) is 14.6. The van der Waals surface area contributed by atoms with Crippen LogP contribution >= 0.6 is 0 Å². The van der Waals surface area contributed by atoms with Crippen molar-refractivity contribution in [3.05, 3.63) is 35.9 Å². The summed E-state index contributed by atoms with van der Waals surface area (Å²) in [5, 5.41) is 3.51. The number of nitrogens with zero attached hydrogens (tertiary/aromatic N) is 1. The highest BCUT2D eigenvalue weighted by atomic mass is 15.2. The third-order valence-corrected chi connectivity index (χ3v) is 3.86. The zero-order chi connectivity index (χ0) is 14.1. The molecule has 1 rings (SSSR count). The van der Waals surface area contributed by atoms with Crippen molar-refractivity contribution < 1.29 is 0 Å². The van der Waals surface area contributed by atoms with Gasteiger partial charge in [0, 0.05) is 19.1 Å². The van der Waals surface area contributed by atoms with E-state index in [4.69, 9.17) is 0 Å². The lowest BCUT2D eigenvalue weighted by atomic mass is 10.0. The Bertz CT molecular complexity index is 323. The lowest BCUT2D eigenvalue weighted by Gasteiger charge is -2.33. The second-order valence-corrected chi connectivity index (χ2v) is 5.34. The minimum absolute atomic E-state index is 0.486. The van der Waals surface area contributed by atoms with E-state index in [0.29, 0.717) is 6.04 Å². The Balaban J connectivity index is 2.81. The molecule has 0 aliphatic carbocycles. The fourth-order valence-electron chi connectivity index (χ4n) is 2.42. The molecule has 0 fully saturated rings. The molecule has 2 nitrogen and oxygen atoms in total. The number of benzene rings is 1. The molecule has 0 aliphatic heterocycles. The average Bonchev–Trinajstić information content (AvgIpc) is 2.47. The van der Waals surface area contributed by atoms with E-state index in [-0.39, 0.29) is 0 Å². The summed E-state index contributed by atoms with van der Waals surface area (Å²) in [6, 6.07) is 11.4. The molecular weight excluding hydrogens is 232 g/mol. The highest BCUT2D eigenvalue weighted by Crippen LogP contribution is 2.21. The van der Waals surface area contributed by atoms with E-state index in [1.165, 1.54) is 18.5 Å². The Labute approximate surface area is 119 Å². The van der Waals surface area contributed by atoms with Gasteiger partial charge in [0.2, 0.25) is 0 Å². The van der Waals surface area contributed by atoms with Gasteiger partial charge in [-0.3, -0.25) is 4.90 Å². The topological polar surface area (TPSA) is 15.3 Å². The van der Waals surface area contributed by atoms with Crippen LogP contribution in [0.1, 0.15) is 45.7 Å². The quantitative estimate of drug-likeness (QED) is 0.730. The number of hydrogen-bond donors (Lipinski definition) is 1. The van der Waals surface area contributed by atoms with Crippen molar-refractivity contribution in [2.24, 2.45) is 5.92 Å². The summed E-state index contributed by atoms with van der Waals surface area (Å²) in [6.45, 7) is 13.4. The molecule has 1 N–H and O–H groups in total. The molecule has 0 spiro atoms. The van der Waals surface area contributed by atoms with E-state index in [9.17, 15) is 0 Å². The van der Waals surface area contributed by atoms with Crippen LogP contribution in [-0.4, -0.2) is 31.1 Å². The lowest BCUT2D eigenvalue weighted by molar-refractivity contribution is 0.175. The number of hydrogen-bond acceptors (Lipinski definition) is 2.